The average molecular weight is 300 g/mol. The number of nitrogens with one attached hydrogen (secondary N) is 2. The fourth-order valence-corrected chi connectivity index (χ4v) is 2.18. The zero-order valence-electron chi connectivity index (χ0n) is 13.2. The van der Waals surface area contributed by atoms with Crippen LogP contribution in [0.3, 0.4) is 0 Å². The predicted molar refractivity (Wildman–Crippen MR) is 84.6 cm³/mol. The summed E-state index contributed by atoms with van der Waals surface area (Å²) in [6.07, 6.45) is 0. The van der Waals surface area contributed by atoms with Crippen molar-refractivity contribution in [1.82, 2.24) is 5.32 Å². The van der Waals surface area contributed by atoms with Crippen LogP contribution < -0.4 is 10.6 Å². The normalized spacial score (nSPS) is 10.4. The number of benzene rings is 1. The zero-order chi connectivity index (χ0) is 16.3. The lowest BCUT2D eigenvalue weighted by Crippen LogP contribution is -2.35. The molecule has 1 aromatic carbocycles. The van der Waals surface area contributed by atoms with Gasteiger partial charge in [-0.25, -0.2) is 0 Å². The van der Waals surface area contributed by atoms with E-state index in [4.69, 9.17) is 4.42 Å². The molecule has 0 aliphatic heterocycles. The predicted octanol–water partition coefficient (Wildman–Crippen LogP) is 2.77. The van der Waals surface area contributed by atoms with E-state index in [9.17, 15) is 9.59 Å². The molecule has 2 rings (SSSR count). The smallest absolute Gasteiger partial charge is 0.313 e. The van der Waals surface area contributed by atoms with Crippen LogP contribution in [-0.4, -0.2) is 11.8 Å². The number of amides is 2. The zero-order valence-corrected chi connectivity index (χ0v) is 13.2. The highest BCUT2D eigenvalue weighted by molar-refractivity contribution is 6.39. The molecule has 0 saturated carbocycles. The van der Waals surface area contributed by atoms with E-state index in [2.05, 4.69) is 10.6 Å². The van der Waals surface area contributed by atoms with E-state index in [1.165, 1.54) is 0 Å². The summed E-state index contributed by atoms with van der Waals surface area (Å²) in [5, 5.41) is 5.23. The molecule has 2 aromatic rings. The summed E-state index contributed by atoms with van der Waals surface area (Å²) in [5.41, 5.74) is 3.52. The maximum absolute atomic E-state index is 11.9. The van der Waals surface area contributed by atoms with Gasteiger partial charge in [-0.1, -0.05) is 12.1 Å². The quantitative estimate of drug-likeness (QED) is 0.856. The molecule has 0 aliphatic carbocycles. The first-order chi connectivity index (χ1) is 10.4. The molecule has 0 fully saturated rings. The molecule has 0 aliphatic rings. The minimum atomic E-state index is -0.674. The molecule has 1 aromatic heterocycles. The Balaban J connectivity index is 1.96. The van der Waals surface area contributed by atoms with Crippen LogP contribution in [0.2, 0.25) is 0 Å². The molecule has 5 nitrogen and oxygen atoms in total. The van der Waals surface area contributed by atoms with Crippen molar-refractivity contribution < 1.29 is 14.0 Å². The van der Waals surface area contributed by atoms with Crippen molar-refractivity contribution in [2.75, 3.05) is 5.32 Å². The van der Waals surface area contributed by atoms with E-state index < -0.39 is 11.8 Å². The topological polar surface area (TPSA) is 71.3 Å². The lowest BCUT2D eigenvalue weighted by Gasteiger charge is -2.10. The molecule has 1 heterocycles. The van der Waals surface area contributed by atoms with Crippen LogP contribution in [0.1, 0.15) is 28.2 Å². The Hall–Kier alpha value is -2.56. The largest absolute Gasteiger partial charge is 0.466 e. The van der Waals surface area contributed by atoms with Crippen LogP contribution in [0, 0.1) is 27.7 Å². The highest BCUT2D eigenvalue weighted by atomic mass is 16.3. The first-order valence-electron chi connectivity index (χ1n) is 7.09. The third-order valence-corrected chi connectivity index (χ3v) is 3.64. The van der Waals surface area contributed by atoms with Gasteiger partial charge in [-0.2, -0.15) is 0 Å². The lowest BCUT2D eigenvalue weighted by molar-refractivity contribution is -0.136. The number of anilines is 1. The summed E-state index contributed by atoms with van der Waals surface area (Å²) in [4.78, 5) is 23.8. The van der Waals surface area contributed by atoms with Crippen molar-refractivity contribution in [3.8, 4) is 0 Å². The Labute approximate surface area is 129 Å². The van der Waals surface area contributed by atoms with Crippen LogP contribution in [0.4, 0.5) is 5.69 Å². The molecule has 2 N–H and O–H groups in total. The van der Waals surface area contributed by atoms with E-state index in [1.807, 2.05) is 45.9 Å². The summed E-state index contributed by atoms with van der Waals surface area (Å²) in [6, 6.07) is 7.41. The lowest BCUT2D eigenvalue weighted by atomic mass is 10.1. The highest BCUT2D eigenvalue weighted by Gasteiger charge is 2.15. The first-order valence-corrected chi connectivity index (χ1v) is 7.09. The molecular weight excluding hydrogens is 280 g/mol. The molecule has 0 unspecified atom stereocenters. The average Bonchev–Trinajstić information content (AvgIpc) is 2.79. The summed E-state index contributed by atoms with van der Waals surface area (Å²) >= 11 is 0. The van der Waals surface area contributed by atoms with Crippen molar-refractivity contribution in [3.05, 3.63) is 52.5 Å². The minimum absolute atomic E-state index is 0.266. The van der Waals surface area contributed by atoms with Gasteiger partial charge in [0.2, 0.25) is 0 Å². The SMILES string of the molecule is Cc1cc(CNC(=O)C(=O)Nc2cccc(C)c2C)c(C)o1. The number of hydrogen-bond donors (Lipinski definition) is 2. The van der Waals surface area contributed by atoms with Gasteiger partial charge in [-0.15, -0.1) is 0 Å². The van der Waals surface area contributed by atoms with Crippen molar-refractivity contribution in [2.45, 2.75) is 34.2 Å². The van der Waals surface area contributed by atoms with Gasteiger partial charge in [0, 0.05) is 17.8 Å². The van der Waals surface area contributed by atoms with Crippen molar-refractivity contribution in [3.63, 3.8) is 0 Å². The number of hydrogen-bond acceptors (Lipinski definition) is 3. The Morgan fingerprint density at radius 3 is 2.45 bits per heavy atom. The van der Waals surface area contributed by atoms with Crippen LogP contribution in [0.25, 0.3) is 0 Å². The minimum Gasteiger partial charge on any atom is -0.466 e. The molecule has 5 heteroatoms. The van der Waals surface area contributed by atoms with E-state index >= 15 is 0 Å². The van der Waals surface area contributed by atoms with Gasteiger partial charge in [0.25, 0.3) is 0 Å². The maximum Gasteiger partial charge on any atom is 0.313 e. The number of carbonyl (C=O) groups excluding carboxylic acids is 2. The third-order valence-electron chi connectivity index (χ3n) is 3.64. The molecule has 2 amide bonds. The van der Waals surface area contributed by atoms with E-state index in [-0.39, 0.29) is 6.54 Å². The number of rotatable bonds is 3. The number of aryl methyl sites for hydroxylation is 3. The second kappa shape index (κ2) is 6.47. The van der Waals surface area contributed by atoms with Crippen molar-refractivity contribution >= 4 is 17.5 Å². The number of furan rings is 1. The molecule has 0 bridgehead atoms. The molecule has 0 spiro atoms. The fraction of sp³-hybridized carbons (Fsp3) is 0.294. The Morgan fingerprint density at radius 2 is 1.82 bits per heavy atom. The second-order valence-corrected chi connectivity index (χ2v) is 5.32. The molecule has 0 radical (unpaired) electrons. The maximum atomic E-state index is 11.9. The standard InChI is InChI=1S/C17H20N2O3/c1-10-6-5-7-15(12(10)3)19-17(21)16(20)18-9-14-8-11(2)22-13(14)4/h5-8H,9H2,1-4H3,(H,18,20)(H,19,21). The van der Waals surface area contributed by atoms with Gasteiger partial charge < -0.3 is 15.1 Å². The van der Waals surface area contributed by atoms with Gasteiger partial charge in [0.1, 0.15) is 11.5 Å². The van der Waals surface area contributed by atoms with E-state index in [0.29, 0.717) is 5.69 Å². The van der Waals surface area contributed by atoms with Crippen LogP contribution >= 0.6 is 0 Å². The van der Waals surface area contributed by atoms with Gasteiger partial charge in [-0.05, 0) is 51.0 Å². The van der Waals surface area contributed by atoms with Gasteiger partial charge in [0.15, 0.2) is 0 Å². The molecule has 22 heavy (non-hydrogen) atoms. The van der Waals surface area contributed by atoms with Crippen LogP contribution in [0.15, 0.2) is 28.7 Å². The summed E-state index contributed by atoms with van der Waals surface area (Å²) in [5.74, 6) is 0.181. The first kappa shape index (κ1) is 15.8. The fourth-order valence-electron chi connectivity index (χ4n) is 2.18. The van der Waals surface area contributed by atoms with E-state index in [0.717, 1.165) is 28.2 Å². The highest BCUT2D eigenvalue weighted by Crippen LogP contribution is 2.18. The molecule has 116 valence electrons. The third kappa shape index (κ3) is 3.55. The molecule has 0 saturated heterocycles. The Bertz CT molecular complexity index is 717. The summed E-state index contributed by atoms with van der Waals surface area (Å²) in [7, 11) is 0. The monoisotopic (exact) mass is 300 g/mol. The summed E-state index contributed by atoms with van der Waals surface area (Å²) < 4.78 is 5.38. The van der Waals surface area contributed by atoms with Gasteiger partial charge >= 0.3 is 11.8 Å². The van der Waals surface area contributed by atoms with Crippen LogP contribution in [0.5, 0.6) is 0 Å². The molecule has 0 atom stereocenters. The second-order valence-electron chi connectivity index (χ2n) is 5.32. The molecular formula is C17H20N2O3. The van der Waals surface area contributed by atoms with Crippen LogP contribution in [-0.2, 0) is 16.1 Å². The van der Waals surface area contributed by atoms with Gasteiger partial charge in [-0.3, -0.25) is 9.59 Å². The Morgan fingerprint density at radius 1 is 1.09 bits per heavy atom. The van der Waals surface area contributed by atoms with Gasteiger partial charge in [0.05, 0.1) is 0 Å². The Kier molecular flexibility index (Phi) is 4.65. The van der Waals surface area contributed by atoms with Crippen molar-refractivity contribution in [2.24, 2.45) is 0 Å². The number of carbonyl (C=O) groups is 2. The van der Waals surface area contributed by atoms with E-state index in [1.54, 1.807) is 6.07 Å². The summed E-state index contributed by atoms with van der Waals surface area (Å²) in [6.45, 7) is 7.79. The van der Waals surface area contributed by atoms with Crippen molar-refractivity contribution in [1.29, 1.82) is 0 Å².